The second-order valence-electron chi connectivity index (χ2n) is 7.60. The highest BCUT2D eigenvalue weighted by Crippen LogP contribution is 2.44. The predicted octanol–water partition coefficient (Wildman–Crippen LogP) is 4.33. The Morgan fingerprint density at radius 3 is 2.70 bits per heavy atom. The largest absolute Gasteiger partial charge is 0.467 e. The Morgan fingerprint density at radius 2 is 1.97 bits per heavy atom. The minimum Gasteiger partial charge on any atom is -0.467 e. The molecule has 0 fully saturated rings. The second-order valence-corrected chi connectivity index (χ2v) is 7.60. The summed E-state index contributed by atoms with van der Waals surface area (Å²) in [6.07, 6.45) is -1.41. The summed E-state index contributed by atoms with van der Waals surface area (Å²) >= 11 is 0. The zero-order valence-corrected chi connectivity index (χ0v) is 15.9. The number of furan rings is 1. The van der Waals surface area contributed by atoms with E-state index in [-0.39, 0.29) is 23.7 Å². The van der Waals surface area contributed by atoms with Gasteiger partial charge in [-0.05, 0) is 29.7 Å². The van der Waals surface area contributed by atoms with E-state index in [1.54, 1.807) is 17.0 Å². The summed E-state index contributed by atoms with van der Waals surface area (Å²) in [6.45, 7) is 0.925. The van der Waals surface area contributed by atoms with Gasteiger partial charge in [-0.1, -0.05) is 24.3 Å². The fraction of sp³-hybridized carbons (Fsp3) is 0.333. The van der Waals surface area contributed by atoms with Crippen molar-refractivity contribution in [3.63, 3.8) is 0 Å². The quantitative estimate of drug-likeness (QED) is 0.675. The van der Waals surface area contributed by atoms with Crippen LogP contribution in [-0.2, 0) is 13.0 Å². The number of hydrogen-bond acceptors (Lipinski definition) is 4. The molecule has 30 heavy (non-hydrogen) atoms. The third-order valence-corrected chi connectivity index (χ3v) is 5.77. The van der Waals surface area contributed by atoms with Gasteiger partial charge in [0.25, 0.3) is 5.91 Å². The van der Waals surface area contributed by atoms with Crippen molar-refractivity contribution in [3.05, 3.63) is 71.3 Å². The van der Waals surface area contributed by atoms with E-state index in [9.17, 15) is 18.0 Å². The first kappa shape index (κ1) is 18.8. The third kappa shape index (κ3) is 3.14. The minimum absolute atomic E-state index is 0.0776. The number of alkyl halides is 3. The standard InChI is InChI=1S/C21H19F3N4O2/c22-21(23,24)18-10-16(17-6-3-9-30-17)26-19-15(11-25-28(18)19)20(29)27-8-7-13-4-1-2-5-14(13)12-27/h1-6,9,11,16,18,26H,7-8,10,12H2. The molecule has 0 spiro atoms. The van der Waals surface area contributed by atoms with Gasteiger partial charge in [0.1, 0.15) is 17.1 Å². The van der Waals surface area contributed by atoms with E-state index >= 15 is 0 Å². The van der Waals surface area contributed by atoms with Gasteiger partial charge < -0.3 is 14.6 Å². The summed E-state index contributed by atoms with van der Waals surface area (Å²) in [5, 5.41) is 6.99. The number of fused-ring (bicyclic) bond motifs is 2. The molecular formula is C21H19F3N4O2. The SMILES string of the molecule is O=C(c1cnn2c1NC(c1ccco1)CC2C(F)(F)F)N1CCc2ccccc2C1. The molecular weight excluding hydrogens is 397 g/mol. The zero-order chi connectivity index (χ0) is 20.9. The molecule has 4 heterocycles. The lowest BCUT2D eigenvalue weighted by Gasteiger charge is -2.33. The van der Waals surface area contributed by atoms with E-state index in [2.05, 4.69) is 10.4 Å². The van der Waals surface area contributed by atoms with Crippen LogP contribution in [0.25, 0.3) is 0 Å². The van der Waals surface area contributed by atoms with Crippen LogP contribution in [0.15, 0.2) is 53.3 Å². The lowest BCUT2D eigenvalue weighted by molar-refractivity contribution is -0.174. The first-order valence-corrected chi connectivity index (χ1v) is 9.72. The zero-order valence-electron chi connectivity index (χ0n) is 15.9. The number of nitrogens with one attached hydrogen (secondary N) is 1. The molecule has 0 radical (unpaired) electrons. The summed E-state index contributed by atoms with van der Waals surface area (Å²) in [5.74, 6) is 0.134. The summed E-state index contributed by atoms with van der Waals surface area (Å²) in [6, 6.07) is 8.58. The molecule has 0 bridgehead atoms. The Bertz CT molecular complexity index is 1070. The van der Waals surface area contributed by atoms with Gasteiger partial charge in [-0.2, -0.15) is 18.3 Å². The number of carbonyl (C=O) groups is 1. The number of amides is 1. The monoisotopic (exact) mass is 416 g/mol. The first-order valence-electron chi connectivity index (χ1n) is 9.72. The van der Waals surface area contributed by atoms with Gasteiger partial charge in [0.2, 0.25) is 0 Å². The van der Waals surface area contributed by atoms with E-state index in [4.69, 9.17) is 4.42 Å². The number of benzene rings is 1. The van der Waals surface area contributed by atoms with Crippen LogP contribution in [0.4, 0.5) is 19.0 Å². The number of hydrogen-bond donors (Lipinski definition) is 1. The highest BCUT2D eigenvalue weighted by atomic mass is 19.4. The number of aromatic nitrogens is 2. The Balaban J connectivity index is 1.48. The van der Waals surface area contributed by atoms with Crippen LogP contribution in [0.1, 0.15) is 45.7 Å². The van der Waals surface area contributed by atoms with Crippen LogP contribution in [0.2, 0.25) is 0 Å². The predicted molar refractivity (Wildman–Crippen MR) is 102 cm³/mol. The van der Waals surface area contributed by atoms with Crippen LogP contribution in [0, 0.1) is 0 Å². The molecule has 1 aromatic carbocycles. The molecule has 0 saturated heterocycles. The number of carbonyl (C=O) groups excluding carboxylic acids is 1. The molecule has 156 valence electrons. The molecule has 2 aliphatic heterocycles. The molecule has 6 nitrogen and oxygen atoms in total. The van der Waals surface area contributed by atoms with Crippen molar-refractivity contribution in [3.8, 4) is 0 Å². The first-order chi connectivity index (χ1) is 14.4. The molecule has 0 saturated carbocycles. The molecule has 3 aromatic rings. The van der Waals surface area contributed by atoms with Crippen LogP contribution < -0.4 is 5.32 Å². The highest BCUT2D eigenvalue weighted by molar-refractivity contribution is 5.99. The number of rotatable bonds is 2. The average molecular weight is 416 g/mol. The number of halogens is 3. The van der Waals surface area contributed by atoms with Gasteiger partial charge in [-0.3, -0.25) is 4.79 Å². The van der Waals surface area contributed by atoms with Crippen molar-refractivity contribution < 1.29 is 22.4 Å². The summed E-state index contributed by atoms with van der Waals surface area (Å²) in [7, 11) is 0. The average Bonchev–Trinajstić information content (AvgIpc) is 3.41. The Morgan fingerprint density at radius 1 is 1.17 bits per heavy atom. The van der Waals surface area contributed by atoms with Crippen LogP contribution >= 0.6 is 0 Å². The number of anilines is 1. The van der Waals surface area contributed by atoms with E-state index < -0.39 is 18.3 Å². The maximum Gasteiger partial charge on any atom is 0.410 e. The minimum atomic E-state index is -4.50. The summed E-state index contributed by atoms with van der Waals surface area (Å²) in [5.41, 5.74) is 2.37. The van der Waals surface area contributed by atoms with Gasteiger partial charge >= 0.3 is 6.18 Å². The van der Waals surface area contributed by atoms with Crippen molar-refractivity contribution in [2.45, 2.75) is 37.6 Å². The van der Waals surface area contributed by atoms with Crippen molar-refractivity contribution >= 4 is 11.7 Å². The molecule has 5 rings (SSSR count). The van der Waals surface area contributed by atoms with Crippen LogP contribution in [0.3, 0.4) is 0 Å². The van der Waals surface area contributed by atoms with Crippen molar-refractivity contribution in [1.82, 2.24) is 14.7 Å². The van der Waals surface area contributed by atoms with Crippen molar-refractivity contribution in [1.29, 1.82) is 0 Å². The molecule has 1 amide bonds. The van der Waals surface area contributed by atoms with Crippen molar-refractivity contribution in [2.75, 3.05) is 11.9 Å². The van der Waals surface area contributed by atoms with Gasteiger partial charge in [-0.25, -0.2) is 4.68 Å². The third-order valence-electron chi connectivity index (χ3n) is 5.77. The number of nitrogens with zero attached hydrogens (tertiary/aromatic N) is 3. The van der Waals surface area contributed by atoms with E-state index in [0.717, 1.165) is 10.2 Å². The molecule has 2 atom stereocenters. The fourth-order valence-corrected chi connectivity index (χ4v) is 4.23. The van der Waals surface area contributed by atoms with E-state index in [0.29, 0.717) is 25.3 Å². The van der Waals surface area contributed by atoms with Gasteiger partial charge in [0, 0.05) is 19.5 Å². The van der Waals surface area contributed by atoms with E-state index in [1.165, 1.54) is 18.0 Å². The Hall–Kier alpha value is -3.23. The molecule has 2 unspecified atom stereocenters. The molecule has 2 aliphatic rings. The maximum atomic E-state index is 13.8. The lowest BCUT2D eigenvalue weighted by atomic mass is 9.99. The Kier molecular flexibility index (Phi) is 4.34. The highest BCUT2D eigenvalue weighted by Gasteiger charge is 2.48. The molecule has 0 aliphatic carbocycles. The van der Waals surface area contributed by atoms with Crippen LogP contribution in [0.5, 0.6) is 0 Å². The van der Waals surface area contributed by atoms with E-state index in [1.807, 2.05) is 24.3 Å². The smallest absolute Gasteiger partial charge is 0.410 e. The molecule has 1 N–H and O–H groups in total. The Labute approximate surface area is 170 Å². The molecule has 2 aromatic heterocycles. The van der Waals surface area contributed by atoms with Gasteiger partial charge in [0.05, 0.1) is 18.5 Å². The summed E-state index contributed by atoms with van der Waals surface area (Å²) < 4.78 is 47.5. The summed E-state index contributed by atoms with van der Waals surface area (Å²) in [4.78, 5) is 14.9. The lowest BCUT2D eigenvalue weighted by Crippen LogP contribution is -2.38. The second kappa shape index (κ2) is 6.93. The topological polar surface area (TPSA) is 63.3 Å². The fourth-order valence-electron chi connectivity index (χ4n) is 4.23. The normalized spacial score (nSPS) is 21.0. The van der Waals surface area contributed by atoms with Crippen LogP contribution in [-0.4, -0.2) is 33.3 Å². The maximum absolute atomic E-state index is 13.8. The van der Waals surface area contributed by atoms with Crippen molar-refractivity contribution in [2.24, 2.45) is 0 Å². The van der Waals surface area contributed by atoms with Gasteiger partial charge in [-0.15, -0.1) is 0 Å². The molecule has 9 heteroatoms. The van der Waals surface area contributed by atoms with Gasteiger partial charge in [0.15, 0.2) is 6.04 Å².